The minimum Gasteiger partial charge on any atom is -0.383 e. The molecule has 0 N–H and O–H groups in total. The van der Waals surface area contributed by atoms with Crippen molar-refractivity contribution in [2.24, 2.45) is 0 Å². The third-order valence-electron chi connectivity index (χ3n) is 6.83. The molecule has 36 heavy (non-hydrogen) atoms. The molecule has 1 aromatic heterocycles. The van der Waals surface area contributed by atoms with Gasteiger partial charge in [0.2, 0.25) is 0 Å². The predicted molar refractivity (Wildman–Crippen MR) is 140 cm³/mol. The highest BCUT2D eigenvalue weighted by Gasteiger charge is 2.28. The molecule has 0 aliphatic carbocycles. The SMILES string of the molecule is CCN1CCN(c2c(CN(CCOC)C(=O)c3ccc(C)cc3)c(C)nn2-c2cccc(F)c2)CC1. The van der Waals surface area contributed by atoms with Crippen LogP contribution in [0.4, 0.5) is 10.2 Å². The number of hydrogen-bond acceptors (Lipinski definition) is 5. The van der Waals surface area contributed by atoms with Gasteiger partial charge in [0, 0.05) is 51.0 Å². The maximum Gasteiger partial charge on any atom is 0.254 e. The number of rotatable bonds is 9. The zero-order chi connectivity index (χ0) is 25.7. The van der Waals surface area contributed by atoms with Gasteiger partial charge in [-0.15, -0.1) is 0 Å². The average Bonchev–Trinajstić information content (AvgIpc) is 3.22. The fourth-order valence-electron chi connectivity index (χ4n) is 4.64. The Balaban J connectivity index is 1.73. The summed E-state index contributed by atoms with van der Waals surface area (Å²) in [5.74, 6) is 0.569. The highest BCUT2D eigenvalue weighted by molar-refractivity contribution is 5.94. The molecule has 2 aromatic carbocycles. The lowest BCUT2D eigenvalue weighted by Crippen LogP contribution is -2.47. The van der Waals surface area contributed by atoms with E-state index < -0.39 is 0 Å². The minimum absolute atomic E-state index is 0.0493. The molecule has 192 valence electrons. The molecule has 0 radical (unpaired) electrons. The highest BCUT2D eigenvalue weighted by Crippen LogP contribution is 2.30. The van der Waals surface area contributed by atoms with Crippen molar-refractivity contribution in [3.05, 3.63) is 76.7 Å². The smallest absolute Gasteiger partial charge is 0.254 e. The molecule has 1 fully saturated rings. The molecule has 4 rings (SSSR count). The van der Waals surface area contributed by atoms with Crippen molar-refractivity contribution < 1.29 is 13.9 Å². The van der Waals surface area contributed by atoms with E-state index in [0.29, 0.717) is 30.9 Å². The first-order chi connectivity index (χ1) is 17.4. The number of aromatic nitrogens is 2. The van der Waals surface area contributed by atoms with Gasteiger partial charge in [-0.05, 0) is 50.7 Å². The Bertz CT molecular complexity index is 1170. The largest absolute Gasteiger partial charge is 0.383 e. The lowest BCUT2D eigenvalue weighted by atomic mass is 10.1. The molecule has 2 heterocycles. The summed E-state index contributed by atoms with van der Waals surface area (Å²) in [7, 11) is 1.64. The number of amides is 1. The Morgan fingerprint density at radius 1 is 1.08 bits per heavy atom. The van der Waals surface area contributed by atoms with Crippen LogP contribution in [0.1, 0.15) is 34.1 Å². The summed E-state index contributed by atoms with van der Waals surface area (Å²) in [6.07, 6.45) is 0. The van der Waals surface area contributed by atoms with E-state index in [-0.39, 0.29) is 11.7 Å². The van der Waals surface area contributed by atoms with Crippen LogP contribution in [-0.4, -0.2) is 78.5 Å². The van der Waals surface area contributed by atoms with Gasteiger partial charge in [0.25, 0.3) is 5.91 Å². The van der Waals surface area contributed by atoms with E-state index in [2.05, 4.69) is 16.7 Å². The summed E-state index contributed by atoms with van der Waals surface area (Å²) in [6.45, 7) is 12.0. The summed E-state index contributed by atoms with van der Waals surface area (Å²) < 4.78 is 21.3. The van der Waals surface area contributed by atoms with E-state index in [1.807, 2.05) is 53.8 Å². The fourth-order valence-corrected chi connectivity index (χ4v) is 4.64. The van der Waals surface area contributed by atoms with Gasteiger partial charge >= 0.3 is 0 Å². The molecule has 8 heteroatoms. The third-order valence-corrected chi connectivity index (χ3v) is 6.83. The average molecular weight is 494 g/mol. The van der Waals surface area contributed by atoms with Crippen molar-refractivity contribution in [3.8, 4) is 5.69 Å². The minimum atomic E-state index is -0.305. The number of nitrogens with zero attached hydrogens (tertiary/aromatic N) is 5. The van der Waals surface area contributed by atoms with Crippen molar-refractivity contribution in [1.29, 1.82) is 0 Å². The third kappa shape index (κ3) is 5.77. The predicted octanol–water partition coefficient (Wildman–Crippen LogP) is 4.06. The van der Waals surface area contributed by atoms with Crippen molar-refractivity contribution in [1.82, 2.24) is 19.6 Å². The Morgan fingerprint density at radius 3 is 2.44 bits per heavy atom. The van der Waals surface area contributed by atoms with E-state index in [1.54, 1.807) is 13.2 Å². The highest BCUT2D eigenvalue weighted by atomic mass is 19.1. The molecule has 1 amide bonds. The number of anilines is 1. The first-order valence-corrected chi connectivity index (χ1v) is 12.6. The van der Waals surface area contributed by atoms with Gasteiger partial charge < -0.3 is 19.4 Å². The van der Waals surface area contributed by atoms with Crippen LogP contribution in [0.15, 0.2) is 48.5 Å². The number of aryl methyl sites for hydroxylation is 2. The molecule has 1 saturated heterocycles. The zero-order valence-corrected chi connectivity index (χ0v) is 21.7. The number of methoxy groups -OCH3 is 1. The van der Waals surface area contributed by atoms with Crippen LogP contribution in [0.5, 0.6) is 0 Å². The van der Waals surface area contributed by atoms with Crippen LogP contribution in [0.25, 0.3) is 5.69 Å². The number of piperazine rings is 1. The maximum absolute atomic E-state index is 14.2. The quantitative estimate of drug-likeness (QED) is 0.450. The van der Waals surface area contributed by atoms with Crippen LogP contribution in [0, 0.1) is 19.7 Å². The van der Waals surface area contributed by atoms with Crippen LogP contribution in [-0.2, 0) is 11.3 Å². The fraction of sp³-hybridized carbons (Fsp3) is 0.429. The second-order valence-electron chi connectivity index (χ2n) is 9.29. The van der Waals surface area contributed by atoms with Gasteiger partial charge in [0.1, 0.15) is 11.6 Å². The van der Waals surface area contributed by atoms with Crippen LogP contribution in [0.2, 0.25) is 0 Å². The first kappa shape index (κ1) is 25.9. The summed E-state index contributed by atoms with van der Waals surface area (Å²) >= 11 is 0. The van der Waals surface area contributed by atoms with Gasteiger partial charge in [-0.1, -0.05) is 30.7 Å². The Morgan fingerprint density at radius 2 is 1.81 bits per heavy atom. The lowest BCUT2D eigenvalue weighted by Gasteiger charge is -2.36. The molecule has 1 aliphatic rings. The van der Waals surface area contributed by atoms with Gasteiger partial charge in [-0.2, -0.15) is 5.10 Å². The normalized spacial score (nSPS) is 14.3. The molecule has 7 nitrogen and oxygen atoms in total. The van der Waals surface area contributed by atoms with E-state index in [0.717, 1.165) is 55.4 Å². The summed E-state index contributed by atoms with van der Waals surface area (Å²) in [4.78, 5) is 20.1. The Labute approximate surface area is 213 Å². The number of halogens is 1. The standard InChI is InChI=1S/C28H36FN5O2/c1-5-31-13-15-32(16-14-31)27-26(22(3)30-34(27)25-8-6-7-24(29)19-25)20-33(17-18-36-4)28(35)23-11-9-21(2)10-12-23/h6-12,19H,5,13-18,20H2,1-4H3. The van der Waals surface area contributed by atoms with Gasteiger partial charge in [-0.3, -0.25) is 4.79 Å². The first-order valence-electron chi connectivity index (χ1n) is 12.6. The molecule has 0 unspecified atom stereocenters. The number of likely N-dealkylation sites (N-methyl/N-ethyl adjacent to an activating group) is 1. The van der Waals surface area contributed by atoms with Gasteiger partial charge in [0.15, 0.2) is 0 Å². The molecular formula is C28H36FN5O2. The van der Waals surface area contributed by atoms with Gasteiger partial charge in [-0.25, -0.2) is 9.07 Å². The van der Waals surface area contributed by atoms with Crippen molar-refractivity contribution in [3.63, 3.8) is 0 Å². The second kappa shape index (κ2) is 11.7. The van der Waals surface area contributed by atoms with E-state index in [1.165, 1.54) is 12.1 Å². The number of carbonyl (C=O) groups excluding carboxylic acids is 1. The molecule has 0 spiro atoms. The van der Waals surface area contributed by atoms with Crippen LogP contribution >= 0.6 is 0 Å². The van der Waals surface area contributed by atoms with Crippen molar-refractivity contribution in [2.75, 3.05) is 57.9 Å². The number of ether oxygens (including phenoxy) is 1. The molecule has 3 aromatic rings. The van der Waals surface area contributed by atoms with Crippen molar-refractivity contribution >= 4 is 11.7 Å². The summed E-state index contributed by atoms with van der Waals surface area (Å²) in [6, 6.07) is 14.1. The molecular weight excluding hydrogens is 457 g/mol. The number of hydrogen-bond donors (Lipinski definition) is 0. The van der Waals surface area contributed by atoms with E-state index in [4.69, 9.17) is 9.84 Å². The van der Waals surface area contributed by atoms with Crippen molar-refractivity contribution in [2.45, 2.75) is 27.3 Å². The lowest BCUT2D eigenvalue weighted by molar-refractivity contribution is 0.0680. The summed E-state index contributed by atoms with van der Waals surface area (Å²) in [5, 5.41) is 4.84. The van der Waals surface area contributed by atoms with E-state index >= 15 is 0 Å². The molecule has 0 bridgehead atoms. The topological polar surface area (TPSA) is 53.8 Å². The monoisotopic (exact) mass is 493 g/mol. The second-order valence-corrected chi connectivity index (χ2v) is 9.29. The molecule has 0 atom stereocenters. The maximum atomic E-state index is 14.2. The summed E-state index contributed by atoms with van der Waals surface area (Å²) in [5.41, 5.74) is 4.22. The zero-order valence-electron chi connectivity index (χ0n) is 21.7. The number of benzene rings is 2. The number of carbonyl (C=O) groups is 1. The molecule has 1 aliphatic heterocycles. The van der Waals surface area contributed by atoms with Crippen LogP contribution < -0.4 is 4.90 Å². The van der Waals surface area contributed by atoms with Gasteiger partial charge in [0.05, 0.1) is 24.5 Å². The molecule has 0 saturated carbocycles. The Hall–Kier alpha value is -3.23. The van der Waals surface area contributed by atoms with E-state index in [9.17, 15) is 9.18 Å². The van der Waals surface area contributed by atoms with Crippen LogP contribution in [0.3, 0.4) is 0 Å². The Kier molecular flexibility index (Phi) is 8.38.